The van der Waals surface area contributed by atoms with Gasteiger partial charge in [0.25, 0.3) is 5.91 Å². The molecule has 0 fully saturated rings. The lowest BCUT2D eigenvalue weighted by atomic mass is 10.1. The minimum Gasteiger partial charge on any atom is -0.497 e. The third-order valence-corrected chi connectivity index (χ3v) is 4.03. The number of carbonyl (C=O) groups excluding carboxylic acids is 1. The summed E-state index contributed by atoms with van der Waals surface area (Å²) >= 11 is 0. The Morgan fingerprint density at radius 1 is 1.24 bits per heavy atom. The van der Waals surface area contributed by atoms with Crippen molar-refractivity contribution in [3.63, 3.8) is 0 Å². The van der Waals surface area contributed by atoms with Gasteiger partial charge in [-0.05, 0) is 35.4 Å². The first kappa shape index (κ1) is 19.8. The highest BCUT2D eigenvalue weighted by Gasteiger charge is 2.14. The number of halogens is 1. The number of nitrogens with two attached hydrogens (primary N) is 1. The minimum atomic E-state index is -0.619. The molecule has 1 amide bonds. The van der Waals surface area contributed by atoms with Crippen LogP contribution < -0.4 is 21.7 Å². The van der Waals surface area contributed by atoms with Gasteiger partial charge in [0.05, 0.1) is 13.3 Å². The van der Waals surface area contributed by atoms with Gasteiger partial charge in [-0.1, -0.05) is 24.3 Å². The average molecular weight is 398 g/mol. The SMILES string of the molecule is COc1ccc(Cc2nn(CC(=O)N/N=C/c3ccc(F)cc3)c(=O)n2N)cc1. The summed E-state index contributed by atoms with van der Waals surface area (Å²) in [6.07, 6.45) is 1.67. The fraction of sp³-hybridized carbons (Fsp3) is 0.158. The van der Waals surface area contributed by atoms with Crippen LogP contribution in [-0.4, -0.2) is 33.7 Å². The third-order valence-electron chi connectivity index (χ3n) is 4.03. The van der Waals surface area contributed by atoms with Crippen molar-refractivity contribution in [3.8, 4) is 5.75 Å². The van der Waals surface area contributed by atoms with Crippen molar-refractivity contribution in [1.29, 1.82) is 0 Å². The zero-order chi connectivity index (χ0) is 20.8. The summed E-state index contributed by atoms with van der Waals surface area (Å²) in [7, 11) is 1.57. The number of benzene rings is 2. The van der Waals surface area contributed by atoms with Crippen molar-refractivity contribution in [2.75, 3.05) is 13.0 Å². The van der Waals surface area contributed by atoms with Crippen LogP contribution in [0.2, 0.25) is 0 Å². The Morgan fingerprint density at radius 3 is 2.59 bits per heavy atom. The van der Waals surface area contributed by atoms with Crippen LogP contribution in [0.15, 0.2) is 58.4 Å². The predicted molar refractivity (Wildman–Crippen MR) is 105 cm³/mol. The Bertz CT molecular complexity index is 1070. The molecule has 3 N–H and O–H groups in total. The monoisotopic (exact) mass is 398 g/mol. The number of amides is 1. The topological polar surface area (TPSA) is 117 Å². The van der Waals surface area contributed by atoms with Crippen LogP contribution in [0.1, 0.15) is 17.0 Å². The Labute approximate surface area is 165 Å². The molecular formula is C19H19FN6O3. The molecule has 150 valence electrons. The summed E-state index contributed by atoms with van der Waals surface area (Å²) in [4.78, 5) is 24.2. The molecule has 0 saturated carbocycles. The average Bonchev–Trinajstić information content (AvgIpc) is 2.98. The van der Waals surface area contributed by atoms with Gasteiger partial charge in [-0.2, -0.15) is 14.9 Å². The Hall–Kier alpha value is -3.95. The number of methoxy groups -OCH3 is 1. The third kappa shape index (κ3) is 5.06. The molecule has 3 aromatic rings. The van der Waals surface area contributed by atoms with Crippen LogP contribution in [0.25, 0.3) is 0 Å². The zero-order valence-corrected chi connectivity index (χ0v) is 15.6. The van der Waals surface area contributed by atoms with E-state index < -0.39 is 11.6 Å². The Morgan fingerprint density at radius 2 is 1.93 bits per heavy atom. The number of nitrogens with one attached hydrogen (secondary N) is 1. The lowest BCUT2D eigenvalue weighted by Crippen LogP contribution is -2.34. The van der Waals surface area contributed by atoms with E-state index in [9.17, 15) is 14.0 Å². The summed E-state index contributed by atoms with van der Waals surface area (Å²) in [5, 5.41) is 7.89. The van der Waals surface area contributed by atoms with Crippen molar-refractivity contribution in [2.24, 2.45) is 5.10 Å². The maximum atomic E-state index is 12.9. The number of ether oxygens (including phenoxy) is 1. The molecule has 0 spiro atoms. The number of nitrogens with zero attached hydrogens (tertiary/aromatic N) is 4. The van der Waals surface area contributed by atoms with E-state index in [1.54, 1.807) is 19.2 Å². The van der Waals surface area contributed by atoms with Crippen molar-refractivity contribution in [3.05, 3.63) is 81.8 Å². The molecule has 0 radical (unpaired) electrons. The number of hydrogen-bond donors (Lipinski definition) is 2. The number of hydrazone groups is 1. The second-order valence-electron chi connectivity index (χ2n) is 6.10. The molecule has 1 heterocycles. The van der Waals surface area contributed by atoms with E-state index in [1.807, 2.05) is 12.1 Å². The number of rotatable bonds is 7. The molecule has 0 atom stereocenters. The standard InChI is InChI=1S/C19H19FN6O3/c1-29-16-8-4-13(5-9-16)10-17-24-25(19(28)26(17)21)12-18(27)23-22-11-14-2-6-15(20)7-3-14/h2-9,11H,10,12,21H2,1H3,(H,23,27)/b22-11+. The van der Waals surface area contributed by atoms with E-state index >= 15 is 0 Å². The number of hydrogen-bond acceptors (Lipinski definition) is 6. The van der Waals surface area contributed by atoms with E-state index in [0.29, 0.717) is 23.6 Å². The number of aromatic nitrogens is 3. The maximum absolute atomic E-state index is 12.9. The largest absolute Gasteiger partial charge is 0.497 e. The van der Waals surface area contributed by atoms with E-state index in [1.165, 1.54) is 30.5 Å². The first-order valence-corrected chi connectivity index (χ1v) is 8.60. The van der Waals surface area contributed by atoms with Gasteiger partial charge in [0.15, 0.2) is 5.82 Å². The highest BCUT2D eigenvalue weighted by atomic mass is 19.1. The van der Waals surface area contributed by atoms with Crippen LogP contribution in [0, 0.1) is 5.82 Å². The van der Waals surface area contributed by atoms with E-state index in [2.05, 4.69) is 15.6 Å². The smallest absolute Gasteiger partial charge is 0.365 e. The summed E-state index contributed by atoms with van der Waals surface area (Å²) < 4.78 is 19.8. The van der Waals surface area contributed by atoms with Gasteiger partial charge in [0.1, 0.15) is 18.1 Å². The Balaban J connectivity index is 1.63. The van der Waals surface area contributed by atoms with Crippen LogP contribution in [-0.2, 0) is 17.8 Å². The van der Waals surface area contributed by atoms with Crippen LogP contribution in [0.4, 0.5) is 4.39 Å². The van der Waals surface area contributed by atoms with Crippen molar-refractivity contribution >= 4 is 12.1 Å². The fourth-order valence-electron chi connectivity index (χ4n) is 2.51. The van der Waals surface area contributed by atoms with Gasteiger partial charge in [0, 0.05) is 6.42 Å². The summed E-state index contributed by atoms with van der Waals surface area (Å²) in [6.45, 7) is -0.348. The molecule has 29 heavy (non-hydrogen) atoms. The van der Waals surface area contributed by atoms with Gasteiger partial charge in [-0.25, -0.2) is 19.3 Å². The van der Waals surface area contributed by atoms with Gasteiger partial charge < -0.3 is 10.6 Å². The molecule has 0 aliphatic rings. The molecule has 0 unspecified atom stereocenters. The van der Waals surface area contributed by atoms with Crippen LogP contribution in [0.5, 0.6) is 5.75 Å². The molecule has 0 aliphatic carbocycles. The fourth-order valence-corrected chi connectivity index (χ4v) is 2.51. The van der Waals surface area contributed by atoms with Crippen molar-refractivity contribution in [2.45, 2.75) is 13.0 Å². The molecule has 2 aromatic carbocycles. The first-order chi connectivity index (χ1) is 14.0. The lowest BCUT2D eigenvalue weighted by Gasteiger charge is -2.02. The molecule has 10 heteroatoms. The second kappa shape index (κ2) is 8.83. The van der Waals surface area contributed by atoms with Crippen molar-refractivity contribution < 1.29 is 13.9 Å². The summed E-state index contributed by atoms with van der Waals surface area (Å²) in [6, 6.07) is 12.8. The molecule has 0 saturated heterocycles. The second-order valence-corrected chi connectivity index (χ2v) is 6.10. The normalized spacial score (nSPS) is 11.0. The number of nitrogen functional groups attached to an aromatic ring is 1. The van der Waals surface area contributed by atoms with E-state index in [0.717, 1.165) is 14.9 Å². The van der Waals surface area contributed by atoms with Gasteiger partial charge in [-0.3, -0.25) is 4.79 Å². The molecule has 3 rings (SSSR count). The lowest BCUT2D eigenvalue weighted by molar-refractivity contribution is -0.121. The van der Waals surface area contributed by atoms with E-state index in [4.69, 9.17) is 10.6 Å². The number of carbonyl (C=O) groups is 1. The van der Waals surface area contributed by atoms with Gasteiger partial charge in [-0.15, -0.1) is 0 Å². The minimum absolute atomic E-state index is 0.308. The van der Waals surface area contributed by atoms with Gasteiger partial charge >= 0.3 is 5.69 Å². The highest BCUT2D eigenvalue weighted by Crippen LogP contribution is 2.13. The summed E-state index contributed by atoms with van der Waals surface area (Å²) in [5.74, 6) is 5.87. The zero-order valence-electron chi connectivity index (χ0n) is 15.6. The molecular weight excluding hydrogens is 379 g/mol. The quantitative estimate of drug-likeness (QED) is 0.344. The van der Waals surface area contributed by atoms with E-state index in [-0.39, 0.29) is 12.4 Å². The Kier molecular flexibility index (Phi) is 6.03. The molecule has 0 bridgehead atoms. The van der Waals surface area contributed by atoms with Crippen LogP contribution >= 0.6 is 0 Å². The molecule has 1 aromatic heterocycles. The van der Waals surface area contributed by atoms with Crippen LogP contribution in [0.3, 0.4) is 0 Å². The first-order valence-electron chi connectivity index (χ1n) is 8.60. The molecule has 9 nitrogen and oxygen atoms in total. The predicted octanol–water partition coefficient (Wildman–Crippen LogP) is 0.647. The molecule has 0 aliphatic heterocycles. The highest BCUT2D eigenvalue weighted by molar-refractivity contribution is 5.82. The van der Waals surface area contributed by atoms with Gasteiger partial charge in [0.2, 0.25) is 0 Å². The maximum Gasteiger partial charge on any atom is 0.365 e. The summed E-state index contributed by atoms with van der Waals surface area (Å²) in [5.41, 5.74) is 3.15. The van der Waals surface area contributed by atoms with Crippen molar-refractivity contribution in [1.82, 2.24) is 19.9 Å².